The molecule has 0 atom stereocenters. The Hall–Kier alpha value is -1.80. The number of anilines is 1. The van der Waals surface area contributed by atoms with Crippen LogP contribution in [0, 0.1) is 10.1 Å². The van der Waals surface area contributed by atoms with Crippen molar-refractivity contribution in [2.24, 2.45) is 0 Å². The number of benzene rings is 1. The topological polar surface area (TPSA) is 75.4 Å². The van der Waals surface area contributed by atoms with E-state index in [0.717, 1.165) is 44.5 Å². The number of nitrogens with zero attached hydrogens (tertiary/aromatic N) is 5. The van der Waals surface area contributed by atoms with Crippen molar-refractivity contribution in [1.29, 1.82) is 0 Å². The van der Waals surface area contributed by atoms with Gasteiger partial charge in [0.25, 0.3) is 0 Å². The standard InChI is InChI=1S/C12H15N5O2S/c1-2-15-5-7-16(8-6-15)10-4-3-9-11(14-20-13-9)12(10)17(18)19/h3-4H,2,5-8H2,1H3. The highest BCUT2D eigenvalue weighted by atomic mass is 32.1. The number of likely N-dealkylation sites (N-methyl/N-ethyl adjacent to an activating group) is 1. The lowest BCUT2D eigenvalue weighted by atomic mass is 10.2. The minimum Gasteiger partial charge on any atom is -0.363 e. The van der Waals surface area contributed by atoms with Crippen LogP contribution in [0.3, 0.4) is 0 Å². The molecule has 1 aromatic heterocycles. The lowest BCUT2D eigenvalue weighted by molar-refractivity contribution is -0.382. The smallest absolute Gasteiger partial charge is 0.321 e. The molecule has 0 radical (unpaired) electrons. The third-order valence-corrected chi connectivity index (χ3v) is 4.27. The van der Waals surface area contributed by atoms with Crippen molar-refractivity contribution >= 4 is 34.1 Å². The van der Waals surface area contributed by atoms with Gasteiger partial charge in [-0.2, -0.15) is 8.75 Å². The number of hydrogen-bond donors (Lipinski definition) is 0. The molecule has 0 aliphatic carbocycles. The highest BCUT2D eigenvalue weighted by Gasteiger charge is 2.27. The summed E-state index contributed by atoms with van der Waals surface area (Å²) in [5, 5.41) is 11.4. The van der Waals surface area contributed by atoms with Crippen molar-refractivity contribution in [3.8, 4) is 0 Å². The van der Waals surface area contributed by atoms with Gasteiger partial charge >= 0.3 is 5.69 Å². The fraction of sp³-hybridized carbons (Fsp3) is 0.500. The van der Waals surface area contributed by atoms with E-state index in [1.807, 2.05) is 6.07 Å². The van der Waals surface area contributed by atoms with Gasteiger partial charge in [-0.3, -0.25) is 10.1 Å². The zero-order valence-corrected chi connectivity index (χ0v) is 12.0. The second-order valence-electron chi connectivity index (χ2n) is 4.74. The first-order valence-corrected chi connectivity index (χ1v) is 7.30. The molecular weight excluding hydrogens is 278 g/mol. The number of fused-ring (bicyclic) bond motifs is 1. The molecule has 0 spiro atoms. The molecule has 1 aliphatic heterocycles. The van der Waals surface area contributed by atoms with E-state index in [0.29, 0.717) is 16.7 Å². The van der Waals surface area contributed by atoms with Crippen LogP contribution >= 0.6 is 11.7 Å². The van der Waals surface area contributed by atoms with Crippen LogP contribution in [0.1, 0.15) is 6.92 Å². The molecule has 0 amide bonds. The van der Waals surface area contributed by atoms with Crippen molar-refractivity contribution in [3.63, 3.8) is 0 Å². The van der Waals surface area contributed by atoms with Crippen LogP contribution in [0.5, 0.6) is 0 Å². The number of nitro benzene ring substituents is 1. The lowest BCUT2D eigenvalue weighted by Gasteiger charge is -2.35. The van der Waals surface area contributed by atoms with E-state index in [2.05, 4.69) is 25.5 Å². The first-order valence-electron chi connectivity index (χ1n) is 6.57. The first-order chi connectivity index (χ1) is 9.70. The Labute approximate surface area is 120 Å². The molecular formula is C12H15N5O2S. The third-order valence-electron chi connectivity index (χ3n) is 3.72. The van der Waals surface area contributed by atoms with E-state index in [1.165, 1.54) is 0 Å². The van der Waals surface area contributed by atoms with E-state index < -0.39 is 0 Å². The number of nitro groups is 1. The summed E-state index contributed by atoms with van der Waals surface area (Å²) >= 11 is 1.01. The molecule has 1 aromatic carbocycles. The van der Waals surface area contributed by atoms with Gasteiger partial charge in [0.2, 0.25) is 0 Å². The molecule has 1 aliphatic rings. The Bertz CT molecular complexity index is 636. The number of piperazine rings is 1. The first kappa shape index (κ1) is 13.2. The molecule has 2 heterocycles. The molecule has 2 aromatic rings. The molecule has 1 saturated heterocycles. The predicted octanol–water partition coefficient (Wildman–Crippen LogP) is 1.74. The van der Waals surface area contributed by atoms with E-state index in [4.69, 9.17) is 0 Å². The van der Waals surface area contributed by atoms with Crippen LogP contribution in [0.15, 0.2) is 12.1 Å². The summed E-state index contributed by atoms with van der Waals surface area (Å²) < 4.78 is 8.15. The molecule has 0 unspecified atom stereocenters. The lowest BCUT2D eigenvalue weighted by Crippen LogP contribution is -2.46. The van der Waals surface area contributed by atoms with Gasteiger partial charge in [0.15, 0.2) is 5.52 Å². The van der Waals surface area contributed by atoms with Crippen LogP contribution in [0.25, 0.3) is 11.0 Å². The van der Waals surface area contributed by atoms with Gasteiger partial charge in [0.05, 0.1) is 16.7 Å². The normalized spacial score (nSPS) is 16.8. The molecule has 3 rings (SSSR count). The molecule has 0 N–H and O–H groups in total. The van der Waals surface area contributed by atoms with E-state index >= 15 is 0 Å². The summed E-state index contributed by atoms with van der Waals surface area (Å²) in [7, 11) is 0. The van der Waals surface area contributed by atoms with Crippen molar-refractivity contribution in [3.05, 3.63) is 22.2 Å². The van der Waals surface area contributed by atoms with Gasteiger partial charge in [-0.25, -0.2) is 0 Å². The molecule has 106 valence electrons. The largest absolute Gasteiger partial charge is 0.363 e. The van der Waals surface area contributed by atoms with Crippen LogP contribution in [-0.4, -0.2) is 51.3 Å². The average molecular weight is 293 g/mol. The van der Waals surface area contributed by atoms with Crippen LogP contribution in [-0.2, 0) is 0 Å². The summed E-state index contributed by atoms with van der Waals surface area (Å²) in [4.78, 5) is 15.5. The maximum atomic E-state index is 11.4. The predicted molar refractivity (Wildman–Crippen MR) is 78.4 cm³/mol. The zero-order chi connectivity index (χ0) is 14.1. The van der Waals surface area contributed by atoms with E-state index in [9.17, 15) is 10.1 Å². The quantitative estimate of drug-likeness (QED) is 0.634. The van der Waals surface area contributed by atoms with E-state index in [1.54, 1.807) is 6.07 Å². The number of rotatable bonds is 3. The third kappa shape index (κ3) is 2.20. The highest BCUT2D eigenvalue weighted by Crippen LogP contribution is 2.35. The minimum absolute atomic E-state index is 0.0844. The van der Waals surface area contributed by atoms with Crippen molar-refractivity contribution < 1.29 is 4.92 Å². The average Bonchev–Trinajstić information content (AvgIpc) is 2.94. The molecule has 20 heavy (non-hydrogen) atoms. The Morgan fingerprint density at radius 3 is 2.70 bits per heavy atom. The second-order valence-corrected chi connectivity index (χ2v) is 5.27. The summed E-state index contributed by atoms with van der Waals surface area (Å²) in [5.41, 5.74) is 1.74. The maximum Gasteiger partial charge on any atom is 0.321 e. The molecule has 7 nitrogen and oxygen atoms in total. The Morgan fingerprint density at radius 2 is 2.05 bits per heavy atom. The second kappa shape index (κ2) is 5.29. The fourth-order valence-corrected chi connectivity index (χ4v) is 3.11. The molecule has 0 saturated carbocycles. The summed E-state index contributed by atoms with van der Waals surface area (Å²) in [6, 6.07) is 3.61. The van der Waals surface area contributed by atoms with Crippen molar-refractivity contribution in [2.75, 3.05) is 37.6 Å². The van der Waals surface area contributed by atoms with Gasteiger partial charge in [-0.05, 0) is 18.7 Å². The van der Waals surface area contributed by atoms with Gasteiger partial charge in [-0.1, -0.05) is 6.92 Å². The Balaban J connectivity index is 1.99. The monoisotopic (exact) mass is 293 g/mol. The van der Waals surface area contributed by atoms with Crippen LogP contribution < -0.4 is 4.90 Å². The fourth-order valence-electron chi connectivity index (χ4n) is 2.57. The number of aromatic nitrogens is 2. The van der Waals surface area contributed by atoms with Gasteiger partial charge < -0.3 is 9.80 Å². The van der Waals surface area contributed by atoms with E-state index in [-0.39, 0.29) is 10.6 Å². The van der Waals surface area contributed by atoms with Gasteiger partial charge in [0.1, 0.15) is 11.2 Å². The van der Waals surface area contributed by atoms with Gasteiger partial charge in [0, 0.05) is 26.2 Å². The van der Waals surface area contributed by atoms with Crippen molar-refractivity contribution in [1.82, 2.24) is 13.6 Å². The molecule has 8 heteroatoms. The maximum absolute atomic E-state index is 11.4. The summed E-state index contributed by atoms with van der Waals surface area (Å²) in [6.45, 7) is 6.62. The Morgan fingerprint density at radius 1 is 1.30 bits per heavy atom. The summed E-state index contributed by atoms with van der Waals surface area (Å²) in [5.74, 6) is 0. The van der Waals surface area contributed by atoms with Gasteiger partial charge in [-0.15, -0.1) is 0 Å². The molecule has 0 bridgehead atoms. The van der Waals surface area contributed by atoms with Crippen molar-refractivity contribution in [2.45, 2.75) is 6.92 Å². The van der Waals surface area contributed by atoms with Crippen LogP contribution in [0.4, 0.5) is 11.4 Å². The minimum atomic E-state index is -0.342. The highest BCUT2D eigenvalue weighted by molar-refractivity contribution is 7.00. The van der Waals surface area contributed by atoms with Crippen LogP contribution in [0.2, 0.25) is 0 Å². The SMILES string of the molecule is CCN1CCN(c2ccc3nsnc3c2[N+](=O)[O-])CC1. The zero-order valence-electron chi connectivity index (χ0n) is 11.2. The Kier molecular flexibility index (Phi) is 3.49. The number of hydrogen-bond acceptors (Lipinski definition) is 7. The molecule has 1 fully saturated rings. The summed E-state index contributed by atoms with van der Waals surface area (Å²) in [6.07, 6.45) is 0.